The Labute approximate surface area is 125 Å². The van der Waals surface area contributed by atoms with Crippen LogP contribution in [0.25, 0.3) is 0 Å². The van der Waals surface area contributed by atoms with Crippen molar-refractivity contribution in [3.63, 3.8) is 0 Å². The second-order valence-corrected chi connectivity index (χ2v) is 7.40. The zero-order valence-corrected chi connectivity index (χ0v) is 13.4. The average Bonchev–Trinajstić information content (AvgIpc) is 2.32. The molecule has 0 aliphatic heterocycles. The highest BCUT2D eigenvalue weighted by molar-refractivity contribution is 7.90. The zero-order valence-electron chi connectivity index (χ0n) is 11.9. The van der Waals surface area contributed by atoms with Gasteiger partial charge in [0.15, 0.2) is 15.8 Å². The third-order valence-corrected chi connectivity index (χ3v) is 4.10. The maximum Gasteiger partial charge on any atom is 0.188 e. The van der Waals surface area contributed by atoms with Crippen LogP contribution >= 0.6 is 11.6 Å². The summed E-state index contributed by atoms with van der Waals surface area (Å²) in [5, 5.41) is 3.20. The van der Waals surface area contributed by atoms with Crippen molar-refractivity contribution < 1.29 is 8.42 Å². The van der Waals surface area contributed by atoms with Crippen molar-refractivity contribution in [2.45, 2.75) is 25.3 Å². The maximum atomic E-state index is 11.4. The number of hydrogen-bond donors (Lipinski definition) is 2. The van der Waals surface area contributed by atoms with Crippen molar-refractivity contribution >= 4 is 27.4 Å². The lowest BCUT2D eigenvalue weighted by Crippen LogP contribution is -2.34. The van der Waals surface area contributed by atoms with Gasteiger partial charge in [0.05, 0.1) is 16.5 Å². The highest BCUT2D eigenvalue weighted by Crippen LogP contribution is 2.22. The number of halogens is 1. The molecule has 1 rings (SSSR count). The number of nitrogens with two attached hydrogens (primary N) is 1. The fourth-order valence-corrected chi connectivity index (χ4v) is 2.84. The molecule has 0 amide bonds. The molecule has 0 atom stereocenters. The van der Waals surface area contributed by atoms with Gasteiger partial charge in [0.25, 0.3) is 0 Å². The van der Waals surface area contributed by atoms with E-state index in [1.807, 2.05) is 0 Å². The molecule has 0 heterocycles. The predicted molar refractivity (Wildman–Crippen MR) is 82.7 cm³/mol. The van der Waals surface area contributed by atoms with E-state index in [1.54, 1.807) is 12.1 Å². The first-order valence-electron chi connectivity index (χ1n) is 6.22. The summed E-state index contributed by atoms with van der Waals surface area (Å²) in [4.78, 5) is 4.30. The largest absolute Gasteiger partial charge is 0.370 e. The summed E-state index contributed by atoms with van der Waals surface area (Å²) in [6.07, 6.45) is 1.12. The third kappa shape index (κ3) is 5.38. The maximum absolute atomic E-state index is 11.4. The van der Waals surface area contributed by atoms with Gasteiger partial charge in [-0.1, -0.05) is 31.5 Å². The Morgan fingerprint density at radius 1 is 1.45 bits per heavy atom. The molecule has 0 fully saturated rings. The highest BCUT2D eigenvalue weighted by atomic mass is 35.5. The van der Waals surface area contributed by atoms with Crippen molar-refractivity contribution in [2.24, 2.45) is 16.6 Å². The molecule has 1 aromatic rings. The minimum absolute atomic E-state index is 0.123. The van der Waals surface area contributed by atoms with E-state index in [4.69, 9.17) is 17.3 Å². The molecule has 0 unspecified atom stereocenters. The number of benzene rings is 1. The molecule has 0 aliphatic carbocycles. The molecule has 1 aromatic carbocycles. The van der Waals surface area contributed by atoms with Crippen molar-refractivity contribution in [3.05, 3.63) is 28.8 Å². The quantitative estimate of drug-likeness (QED) is 0.640. The van der Waals surface area contributed by atoms with Crippen LogP contribution in [0.15, 0.2) is 28.1 Å². The number of nitrogens with one attached hydrogen (secondary N) is 1. The lowest BCUT2D eigenvalue weighted by molar-refractivity contribution is 0.602. The van der Waals surface area contributed by atoms with Crippen LogP contribution in [0.2, 0.25) is 5.02 Å². The number of aliphatic imine (C=N–C) groups is 1. The molecule has 0 aliphatic rings. The van der Waals surface area contributed by atoms with Crippen molar-refractivity contribution in [3.8, 4) is 0 Å². The van der Waals surface area contributed by atoms with Crippen molar-refractivity contribution in [2.75, 3.05) is 12.8 Å². The summed E-state index contributed by atoms with van der Waals surface area (Å²) >= 11 is 5.96. The van der Waals surface area contributed by atoms with Gasteiger partial charge in [0, 0.05) is 12.8 Å². The summed E-state index contributed by atoms with van der Waals surface area (Å²) < 4.78 is 22.9. The molecule has 0 aromatic heterocycles. The molecule has 3 N–H and O–H groups in total. The Bertz CT molecular complexity index is 598. The molecule has 7 heteroatoms. The van der Waals surface area contributed by atoms with Gasteiger partial charge in [-0.2, -0.15) is 0 Å². The van der Waals surface area contributed by atoms with Gasteiger partial charge in [-0.05, 0) is 23.6 Å². The molecular weight excluding hydrogens is 298 g/mol. The highest BCUT2D eigenvalue weighted by Gasteiger charge is 2.12. The normalized spacial score (nSPS) is 12.8. The van der Waals surface area contributed by atoms with E-state index in [0.29, 0.717) is 18.4 Å². The SMILES string of the molecule is CC(C)CNC(N)=NCc1ccc(S(C)(=O)=O)c(Cl)c1. The Hall–Kier alpha value is -1.27. The van der Waals surface area contributed by atoms with Gasteiger partial charge in [0.1, 0.15) is 0 Å². The van der Waals surface area contributed by atoms with Crippen LogP contribution < -0.4 is 11.1 Å². The summed E-state index contributed by atoms with van der Waals surface area (Å²) in [6.45, 7) is 5.25. The summed E-state index contributed by atoms with van der Waals surface area (Å²) in [6, 6.07) is 4.76. The summed E-state index contributed by atoms with van der Waals surface area (Å²) in [5.74, 6) is 0.842. The molecule has 0 saturated heterocycles. The van der Waals surface area contributed by atoms with Gasteiger partial charge in [0.2, 0.25) is 0 Å². The van der Waals surface area contributed by atoms with E-state index in [0.717, 1.165) is 18.4 Å². The smallest absolute Gasteiger partial charge is 0.188 e. The Morgan fingerprint density at radius 3 is 2.60 bits per heavy atom. The molecule has 0 spiro atoms. The Balaban J connectivity index is 2.75. The van der Waals surface area contributed by atoms with Crippen LogP contribution in [0.5, 0.6) is 0 Å². The van der Waals surface area contributed by atoms with Gasteiger partial charge in [-0.3, -0.25) is 0 Å². The first kappa shape index (κ1) is 16.8. The average molecular weight is 318 g/mol. The lowest BCUT2D eigenvalue weighted by Gasteiger charge is -2.08. The van der Waals surface area contributed by atoms with E-state index >= 15 is 0 Å². The minimum Gasteiger partial charge on any atom is -0.370 e. The molecule has 20 heavy (non-hydrogen) atoms. The lowest BCUT2D eigenvalue weighted by atomic mass is 10.2. The van der Waals surface area contributed by atoms with Crippen LogP contribution in [-0.2, 0) is 16.4 Å². The predicted octanol–water partition coefficient (Wildman–Crippen LogP) is 1.80. The van der Waals surface area contributed by atoms with Gasteiger partial charge in [-0.25, -0.2) is 13.4 Å². The van der Waals surface area contributed by atoms with Crippen molar-refractivity contribution in [1.82, 2.24) is 5.32 Å². The van der Waals surface area contributed by atoms with Crippen molar-refractivity contribution in [1.29, 1.82) is 0 Å². The number of guanidine groups is 1. The number of sulfone groups is 1. The van der Waals surface area contributed by atoms with Crippen LogP contribution in [0, 0.1) is 5.92 Å². The van der Waals surface area contributed by atoms with E-state index in [2.05, 4.69) is 24.2 Å². The molecule has 0 bridgehead atoms. The Morgan fingerprint density at radius 2 is 2.10 bits per heavy atom. The Kier molecular flexibility index (Phi) is 5.83. The van der Waals surface area contributed by atoms with E-state index < -0.39 is 9.84 Å². The molecule has 0 radical (unpaired) electrons. The number of rotatable bonds is 5. The molecule has 5 nitrogen and oxygen atoms in total. The first-order valence-corrected chi connectivity index (χ1v) is 8.49. The summed E-state index contributed by atoms with van der Waals surface area (Å²) in [7, 11) is -3.30. The second kappa shape index (κ2) is 6.95. The fourth-order valence-electron chi connectivity index (χ4n) is 1.48. The van der Waals surface area contributed by atoms with E-state index in [-0.39, 0.29) is 9.92 Å². The van der Waals surface area contributed by atoms with Gasteiger partial charge >= 0.3 is 0 Å². The van der Waals surface area contributed by atoms with Crippen LogP contribution in [0.3, 0.4) is 0 Å². The van der Waals surface area contributed by atoms with Crippen LogP contribution in [-0.4, -0.2) is 27.2 Å². The molecule has 0 saturated carbocycles. The standard InChI is InChI=1S/C13H20ClN3O2S/c1-9(2)7-16-13(15)17-8-10-4-5-12(11(14)6-10)20(3,18)19/h4-6,9H,7-8H2,1-3H3,(H3,15,16,17). The minimum atomic E-state index is -3.30. The number of hydrogen-bond acceptors (Lipinski definition) is 3. The van der Waals surface area contributed by atoms with Crippen LogP contribution in [0.4, 0.5) is 0 Å². The van der Waals surface area contributed by atoms with Gasteiger partial charge < -0.3 is 11.1 Å². The molecule has 112 valence electrons. The topological polar surface area (TPSA) is 84.5 Å². The first-order chi connectivity index (χ1) is 9.20. The number of nitrogens with zero attached hydrogens (tertiary/aromatic N) is 1. The third-order valence-electron chi connectivity index (χ3n) is 2.52. The zero-order chi connectivity index (χ0) is 15.3. The van der Waals surface area contributed by atoms with Crippen LogP contribution in [0.1, 0.15) is 19.4 Å². The van der Waals surface area contributed by atoms with E-state index in [9.17, 15) is 8.42 Å². The molecular formula is C13H20ClN3O2S. The summed E-state index contributed by atoms with van der Waals surface area (Å²) in [5.41, 5.74) is 6.52. The van der Waals surface area contributed by atoms with E-state index in [1.165, 1.54) is 6.07 Å². The monoisotopic (exact) mass is 317 g/mol. The fraction of sp³-hybridized carbons (Fsp3) is 0.462. The second-order valence-electron chi connectivity index (χ2n) is 5.01. The van der Waals surface area contributed by atoms with Gasteiger partial charge in [-0.15, -0.1) is 0 Å².